The lowest BCUT2D eigenvalue weighted by atomic mass is 10.0. The van der Waals surface area contributed by atoms with E-state index in [4.69, 9.17) is 5.73 Å². The first-order valence-electron chi connectivity index (χ1n) is 7.89. The van der Waals surface area contributed by atoms with Crippen molar-refractivity contribution in [3.63, 3.8) is 0 Å². The molecule has 4 aromatic rings. The molecule has 5 N–H and O–H groups in total. The molecule has 4 rings (SSSR count). The summed E-state index contributed by atoms with van der Waals surface area (Å²) in [4.78, 5) is 12.6. The van der Waals surface area contributed by atoms with Crippen molar-refractivity contribution in [3.05, 3.63) is 60.7 Å². The largest absolute Gasteiger partial charge is 0.508 e. The number of nitrogens with zero attached hydrogens (tertiary/aromatic N) is 3. The highest BCUT2D eigenvalue weighted by Crippen LogP contribution is 2.35. The number of nitrogens with one attached hydrogen (secondary N) is 1. The van der Waals surface area contributed by atoms with E-state index in [0.29, 0.717) is 11.3 Å². The van der Waals surface area contributed by atoms with E-state index in [1.807, 2.05) is 30.3 Å². The van der Waals surface area contributed by atoms with Gasteiger partial charge >= 0.3 is 0 Å². The quantitative estimate of drug-likeness (QED) is 0.449. The van der Waals surface area contributed by atoms with Gasteiger partial charge in [0.05, 0.1) is 5.56 Å². The third-order valence-corrected chi connectivity index (χ3v) is 3.89. The van der Waals surface area contributed by atoms with Gasteiger partial charge in [0, 0.05) is 11.8 Å². The van der Waals surface area contributed by atoms with E-state index in [9.17, 15) is 10.2 Å². The maximum Gasteiger partial charge on any atom is 0.232 e. The lowest BCUT2D eigenvalue weighted by Crippen LogP contribution is -2.05. The molecule has 0 atom stereocenters. The van der Waals surface area contributed by atoms with Crippen LogP contribution >= 0.6 is 0 Å². The molecule has 0 fully saturated rings. The first kappa shape index (κ1) is 15.6. The summed E-state index contributed by atoms with van der Waals surface area (Å²) in [7, 11) is 0. The molecule has 0 aliphatic rings. The number of aromatic hydroxyl groups is 2. The molecule has 7 heteroatoms. The van der Waals surface area contributed by atoms with Gasteiger partial charge in [0.25, 0.3) is 0 Å². The minimum atomic E-state index is 0.0185. The molecule has 0 saturated heterocycles. The fraction of sp³-hybridized carbons (Fsp3) is 0. The van der Waals surface area contributed by atoms with Gasteiger partial charge in [-0.05, 0) is 29.0 Å². The summed E-state index contributed by atoms with van der Waals surface area (Å²) in [5, 5.41) is 24.7. The lowest BCUT2D eigenvalue weighted by Gasteiger charge is -2.11. The Morgan fingerprint density at radius 1 is 0.846 bits per heavy atom. The predicted octanol–water partition coefficient (Wildman–Crippen LogP) is 3.43. The van der Waals surface area contributed by atoms with Crippen LogP contribution in [0.2, 0.25) is 0 Å². The van der Waals surface area contributed by atoms with Crippen molar-refractivity contribution in [2.75, 3.05) is 11.1 Å². The van der Waals surface area contributed by atoms with Gasteiger partial charge in [0.1, 0.15) is 11.5 Å². The monoisotopic (exact) mass is 345 g/mol. The molecular weight excluding hydrogens is 330 g/mol. The first-order valence-corrected chi connectivity index (χ1v) is 7.89. The van der Waals surface area contributed by atoms with Crippen molar-refractivity contribution in [2.45, 2.75) is 0 Å². The maximum absolute atomic E-state index is 10.4. The highest BCUT2D eigenvalue weighted by Gasteiger charge is 2.15. The second kappa shape index (κ2) is 6.21. The average Bonchev–Trinajstić information content (AvgIpc) is 2.61. The van der Waals surface area contributed by atoms with E-state index >= 15 is 0 Å². The summed E-state index contributed by atoms with van der Waals surface area (Å²) >= 11 is 0. The maximum atomic E-state index is 10.4. The standard InChI is InChI=1S/C19H15N5O2/c20-18-22-17(16-14-7-2-1-4-11(14)8-9-15(16)26)23-19(24-18)21-12-5-3-6-13(25)10-12/h1-10,25-26H,(H3,20,21,22,23,24). The lowest BCUT2D eigenvalue weighted by molar-refractivity contribution is 0.475. The van der Waals surface area contributed by atoms with Crippen LogP contribution in [0.15, 0.2) is 60.7 Å². The zero-order valence-electron chi connectivity index (χ0n) is 13.6. The molecule has 1 aromatic heterocycles. The smallest absolute Gasteiger partial charge is 0.232 e. The summed E-state index contributed by atoms with van der Waals surface area (Å²) < 4.78 is 0. The van der Waals surface area contributed by atoms with Crippen LogP contribution in [-0.2, 0) is 0 Å². The van der Waals surface area contributed by atoms with Crippen molar-refractivity contribution < 1.29 is 10.2 Å². The first-order chi connectivity index (χ1) is 12.6. The van der Waals surface area contributed by atoms with Crippen molar-refractivity contribution >= 4 is 28.4 Å². The third kappa shape index (κ3) is 2.93. The van der Waals surface area contributed by atoms with E-state index in [1.165, 1.54) is 6.07 Å². The fourth-order valence-electron chi connectivity index (χ4n) is 2.77. The number of hydrogen-bond donors (Lipinski definition) is 4. The van der Waals surface area contributed by atoms with Crippen molar-refractivity contribution in [1.29, 1.82) is 0 Å². The zero-order valence-corrected chi connectivity index (χ0v) is 13.6. The van der Waals surface area contributed by atoms with Gasteiger partial charge in [-0.1, -0.05) is 36.4 Å². The molecule has 0 unspecified atom stereocenters. The second-order valence-corrected chi connectivity index (χ2v) is 5.70. The normalized spacial score (nSPS) is 10.8. The van der Waals surface area contributed by atoms with E-state index in [0.717, 1.165) is 10.8 Å². The number of phenols is 2. The van der Waals surface area contributed by atoms with Gasteiger partial charge in [-0.15, -0.1) is 0 Å². The van der Waals surface area contributed by atoms with Crippen LogP contribution in [0, 0.1) is 0 Å². The Bertz CT molecular complexity index is 1110. The number of phenolic OH excluding ortho intramolecular Hbond substituents is 2. The van der Waals surface area contributed by atoms with Crippen LogP contribution in [0.3, 0.4) is 0 Å². The summed E-state index contributed by atoms with van der Waals surface area (Å²) in [6.45, 7) is 0. The number of anilines is 3. The molecule has 26 heavy (non-hydrogen) atoms. The number of nitrogen functional groups attached to an aromatic ring is 1. The Balaban J connectivity index is 1.84. The SMILES string of the molecule is Nc1nc(Nc2cccc(O)c2)nc(-c2c(O)ccc3ccccc23)n1. The van der Waals surface area contributed by atoms with Crippen LogP contribution in [0.4, 0.5) is 17.6 Å². The van der Waals surface area contributed by atoms with E-state index < -0.39 is 0 Å². The number of fused-ring (bicyclic) bond motifs is 1. The van der Waals surface area contributed by atoms with Gasteiger partial charge in [-0.2, -0.15) is 15.0 Å². The van der Waals surface area contributed by atoms with Crippen molar-refractivity contribution in [1.82, 2.24) is 15.0 Å². The number of rotatable bonds is 3. The summed E-state index contributed by atoms with van der Waals surface area (Å²) in [6, 6.07) is 17.6. The molecule has 0 amide bonds. The zero-order chi connectivity index (χ0) is 18.1. The second-order valence-electron chi connectivity index (χ2n) is 5.70. The molecule has 3 aromatic carbocycles. The third-order valence-electron chi connectivity index (χ3n) is 3.89. The number of nitrogens with two attached hydrogens (primary N) is 1. The Hall–Kier alpha value is -3.87. The van der Waals surface area contributed by atoms with Crippen LogP contribution < -0.4 is 11.1 Å². The number of benzene rings is 3. The van der Waals surface area contributed by atoms with Crippen LogP contribution in [0.5, 0.6) is 11.5 Å². The van der Waals surface area contributed by atoms with Crippen LogP contribution in [0.1, 0.15) is 0 Å². The summed E-state index contributed by atoms with van der Waals surface area (Å²) in [6.07, 6.45) is 0. The Kier molecular flexibility index (Phi) is 3.74. The number of hydrogen-bond acceptors (Lipinski definition) is 7. The van der Waals surface area contributed by atoms with E-state index in [1.54, 1.807) is 24.3 Å². The molecule has 0 aliphatic heterocycles. The Morgan fingerprint density at radius 2 is 1.69 bits per heavy atom. The van der Waals surface area contributed by atoms with Gasteiger partial charge in [0.2, 0.25) is 11.9 Å². The number of aromatic nitrogens is 3. The molecule has 0 spiro atoms. The predicted molar refractivity (Wildman–Crippen MR) is 100 cm³/mol. The Morgan fingerprint density at radius 3 is 2.54 bits per heavy atom. The van der Waals surface area contributed by atoms with Gasteiger partial charge in [-0.3, -0.25) is 0 Å². The fourth-order valence-corrected chi connectivity index (χ4v) is 2.77. The van der Waals surface area contributed by atoms with Gasteiger partial charge in [-0.25, -0.2) is 0 Å². The molecule has 1 heterocycles. The van der Waals surface area contributed by atoms with Crippen molar-refractivity contribution in [3.8, 4) is 22.9 Å². The van der Waals surface area contributed by atoms with Gasteiger partial charge < -0.3 is 21.3 Å². The molecule has 0 saturated carbocycles. The topological polar surface area (TPSA) is 117 Å². The van der Waals surface area contributed by atoms with Gasteiger partial charge in [0.15, 0.2) is 5.82 Å². The van der Waals surface area contributed by atoms with Crippen molar-refractivity contribution in [2.24, 2.45) is 0 Å². The Labute approximate surface area is 148 Å². The highest BCUT2D eigenvalue weighted by atomic mass is 16.3. The highest BCUT2D eigenvalue weighted by molar-refractivity contribution is 5.98. The summed E-state index contributed by atoms with van der Waals surface area (Å²) in [5.41, 5.74) is 6.92. The van der Waals surface area contributed by atoms with Crippen LogP contribution in [0.25, 0.3) is 22.2 Å². The minimum Gasteiger partial charge on any atom is -0.508 e. The molecule has 0 aliphatic carbocycles. The molecule has 7 nitrogen and oxygen atoms in total. The molecule has 0 bridgehead atoms. The summed E-state index contributed by atoms with van der Waals surface area (Å²) in [5.74, 6) is 0.659. The molecule has 0 radical (unpaired) electrons. The minimum absolute atomic E-state index is 0.0185. The molecule has 128 valence electrons. The van der Waals surface area contributed by atoms with E-state index in [-0.39, 0.29) is 29.2 Å². The average molecular weight is 345 g/mol. The van der Waals surface area contributed by atoms with Crippen LogP contribution in [-0.4, -0.2) is 25.2 Å². The molecular formula is C19H15N5O2. The van der Waals surface area contributed by atoms with E-state index in [2.05, 4.69) is 20.3 Å².